The van der Waals surface area contributed by atoms with Crippen LogP contribution in [0.2, 0.25) is 0 Å². The summed E-state index contributed by atoms with van der Waals surface area (Å²) in [4.78, 5) is 0. The van der Waals surface area contributed by atoms with Crippen molar-refractivity contribution >= 4 is 0 Å². The summed E-state index contributed by atoms with van der Waals surface area (Å²) in [5, 5.41) is 0. The average molecular weight is 317 g/mol. The van der Waals surface area contributed by atoms with Gasteiger partial charge in [-0.05, 0) is 25.7 Å². The molecule has 0 N–H and O–H groups in total. The van der Waals surface area contributed by atoms with Crippen molar-refractivity contribution in [2.45, 2.75) is 104 Å². The van der Waals surface area contributed by atoms with E-state index in [0.29, 0.717) is 0 Å². The fourth-order valence-corrected chi connectivity index (χ4v) is 2.39. The van der Waals surface area contributed by atoms with E-state index in [9.17, 15) is 0 Å². The molecule has 134 valence electrons. The summed E-state index contributed by atoms with van der Waals surface area (Å²) in [6.45, 7) is 11.0. The molecule has 0 saturated carbocycles. The minimum Gasteiger partial charge on any atom is -0.327 e. The second kappa shape index (κ2) is 15.8. The number of rotatable bonds is 17. The Hall–Kier alpha value is -0.120. The summed E-state index contributed by atoms with van der Waals surface area (Å²) >= 11 is 0. The SMILES string of the molecule is CCCCCOC(CCC)(OCCCCC)OCCCCC. The van der Waals surface area contributed by atoms with Crippen LogP contribution >= 0.6 is 0 Å². The maximum absolute atomic E-state index is 6.09. The largest absolute Gasteiger partial charge is 0.327 e. The van der Waals surface area contributed by atoms with Gasteiger partial charge in [-0.1, -0.05) is 66.2 Å². The molecule has 0 radical (unpaired) electrons. The molecule has 0 heterocycles. The molecule has 3 nitrogen and oxygen atoms in total. The van der Waals surface area contributed by atoms with Crippen molar-refractivity contribution < 1.29 is 14.2 Å². The van der Waals surface area contributed by atoms with Gasteiger partial charge in [-0.25, -0.2) is 0 Å². The lowest BCUT2D eigenvalue weighted by molar-refractivity contribution is -0.384. The van der Waals surface area contributed by atoms with Gasteiger partial charge in [0.15, 0.2) is 0 Å². The normalized spacial score (nSPS) is 12.0. The average Bonchev–Trinajstić information content (AvgIpc) is 2.53. The Kier molecular flexibility index (Phi) is 15.7. The van der Waals surface area contributed by atoms with Crippen LogP contribution in [0.4, 0.5) is 0 Å². The van der Waals surface area contributed by atoms with Crippen molar-refractivity contribution in [2.75, 3.05) is 19.8 Å². The Bertz CT molecular complexity index is 187. The van der Waals surface area contributed by atoms with Crippen LogP contribution in [0.1, 0.15) is 98.3 Å². The van der Waals surface area contributed by atoms with E-state index >= 15 is 0 Å². The zero-order chi connectivity index (χ0) is 16.5. The van der Waals surface area contributed by atoms with Crippen molar-refractivity contribution in [2.24, 2.45) is 0 Å². The minimum absolute atomic E-state index is 0.732. The Labute approximate surface area is 139 Å². The van der Waals surface area contributed by atoms with Crippen LogP contribution in [0.5, 0.6) is 0 Å². The van der Waals surface area contributed by atoms with Crippen LogP contribution in [0.15, 0.2) is 0 Å². The maximum Gasteiger partial charge on any atom is 0.282 e. The van der Waals surface area contributed by atoms with Crippen LogP contribution in [0.25, 0.3) is 0 Å². The molecule has 0 aliphatic rings. The molecule has 0 aromatic carbocycles. The van der Waals surface area contributed by atoms with Gasteiger partial charge in [0.25, 0.3) is 5.97 Å². The molecule has 3 heteroatoms. The van der Waals surface area contributed by atoms with E-state index in [-0.39, 0.29) is 0 Å². The molecule has 0 atom stereocenters. The molecule has 0 saturated heterocycles. The molecule has 0 aliphatic carbocycles. The highest BCUT2D eigenvalue weighted by atomic mass is 16.9. The summed E-state index contributed by atoms with van der Waals surface area (Å²) in [7, 11) is 0. The number of hydrogen-bond acceptors (Lipinski definition) is 3. The maximum atomic E-state index is 6.09. The van der Waals surface area contributed by atoms with Crippen molar-refractivity contribution in [3.05, 3.63) is 0 Å². The van der Waals surface area contributed by atoms with Gasteiger partial charge < -0.3 is 14.2 Å². The molecule has 22 heavy (non-hydrogen) atoms. The number of ether oxygens (including phenoxy) is 3. The third-order valence-corrected chi connectivity index (χ3v) is 3.77. The summed E-state index contributed by atoms with van der Waals surface area (Å²) < 4.78 is 18.3. The third-order valence-electron chi connectivity index (χ3n) is 3.77. The Morgan fingerprint density at radius 1 is 0.500 bits per heavy atom. The van der Waals surface area contributed by atoms with Gasteiger partial charge in [-0.15, -0.1) is 0 Å². The summed E-state index contributed by atoms with van der Waals surface area (Å²) in [5.41, 5.74) is 0. The topological polar surface area (TPSA) is 27.7 Å². The Morgan fingerprint density at radius 3 is 1.14 bits per heavy atom. The highest BCUT2D eigenvalue weighted by Crippen LogP contribution is 2.24. The summed E-state index contributed by atoms with van der Waals surface area (Å²) in [6.07, 6.45) is 12.3. The highest BCUT2D eigenvalue weighted by molar-refractivity contribution is 4.59. The number of hydrogen-bond donors (Lipinski definition) is 0. The molecule has 0 fully saturated rings. The van der Waals surface area contributed by atoms with E-state index in [0.717, 1.165) is 51.9 Å². The van der Waals surface area contributed by atoms with Crippen LogP contribution in [-0.4, -0.2) is 25.8 Å². The van der Waals surface area contributed by atoms with Gasteiger partial charge in [-0.3, -0.25) is 0 Å². The zero-order valence-electron chi connectivity index (χ0n) is 15.6. The van der Waals surface area contributed by atoms with Gasteiger partial charge in [0.1, 0.15) is 0 Å². The molecule has 0 aromatic heterocycles. The predicted molar refractivity (Wildman–Crippen MR) is 94.1 cm³/mol. The lowest BCUT2D eigenvalue weighted by atomic mass is 10.2. The summed E-state index contributed by atoms with van der Waals surface area (Å²) in [6, 6.07) is 0. The Morgan fingerprint density at radius 2 is 0.864 bits per heavy atom. The van der Waals surface area contributed by atoms with Gasteiger partial charge in [0.05, 0.1) is 19.8 Å². The van der Waals surface area contributed by atoms with Crippen LogP contribution < -0.4 is 0 Å². The van der Waals surface area contributed by atoms with E-state index in [2.05, 4.69) is 27.7 Å². The van der Waals surface area contributed by atoms with Gasteiger partial charge in [0, 0.05) is 6.42 Å². The lowest BCUT2D eigenvalue weighted by Gasteiger charge is -2.33. The zero-order valence-corrected chi connectivity index (χ0v) is 15.6. The third kappa shape index (κ3) is 11.4. The second-order valence-corrected chi connectivity index (χ2v) is 6.10. The lowest BCUT2D eigenvalue weighted by Crippen LogP contribution is -2.40. The smallest absolute Gasteiger partial charge is 0.282 e. The van der Waals surface area contributed by atoms with Crippen molar-refractivity contribution in [1.29, 1.82) is 0 Å². The molecular weight excluding hydrogens is 276 g/mol. The van der Waals surface area contributed by atoms with Gasteiger partial charge in [-0.2, -0.15) is 0 Å². The fourth-order valence-electron chi connectivity index (χ4n) is 2.39. The van der Waals surface area contributed by atoms with Crippen LogP contribution in [0.3, 0.4) is 0 Å². The first-order valence-electron chi connectivity index (χ1n) is 9.66. The first kappa shape index (κ1) is 21.9. The monoisotopic (exact) mass is 316 g/mol. The predicted octanol–water partition coefficient (Wildman–Crippen LogP) is 6.06. The molecule has 0 rings (SSSR count). The standard InChI is InChI=1S/C19H40O3/c1-5-9-12-16-20-19(15-8-4,21-17-13-10-6-2)22-18-14-11-7-3/h5-18H2,1-4H3. The summed E-state index contributed by atoms with van der Waals surface area (Å²) in [5.74, 6) is -0.802. The molecule has 0 aliphatic heterocycles. The molecule has 0 aromatic rings. The fraction of sp³-hybridized carbons (Fsp3) is 1.00. The molecule has 0 unspecified atom stereocenters. The quantitative estimate of drug-likeness (QED) is 0.241. The van der Waals surface area contributed by atoms with E-state index in [1.165, 1.54) is 38.5 Å². The van der Waals surface area contributed by atoms with E-state index < -0.39 is 5.97 Å². The molecule has 0 spiro atoms. The van der Waals surface area contributed by atoms with Gasteiger partial charge >= 0.3 is 0 Å². The molecule has 0 bridgehead atoms. The van der Waals surface area contributed by atoms with E-state index in [1.54, 1.807) is 0 Å². The first-order valence-corrected chi connectivity index (χ1v) is 9.66. The van der Waals surface area contributed by atoms with Crippen molar-refractivity contribution in [1.82, 2.24) is 0 Å². The van der Waals surface area contributed by atoms with E-state index in [1.807, 2.05) is 0 Å². The van der Waals surface area contributed by atoms with Crippen LogP contribution in [0, 0.1) is 0 Å². The van der Waals surface area contributed by atoms with Crippen molar-refractivity contribution in [3.63, 3.8) is 0 Å². The van der Waals surface area contributed by atoms with E-state index in [4.69, 9.17) is 14.2 Å². The van der Waals surface area contributed by atoms with Crippen LogP contribution in [-0.2, 0) is 14.2 Å². The molecular formula is C19H40O3. The highest BCUT2D eigenvalue weighted by Gasteiger charge is 2.32. The van der Waals surface area contributed by atoms with Gasteiger partial charge in [0.2, 0.25) is 0 Å². The minimum atomic E-state index is -0.802. The second-order valence-electron chi connectivity index (χ2n) is 6.10. The first-order chi connectivity index (χ1) is 10.7. The molecule has 0 amide bonds. The number of unbranched alkanes of at least 4 members (excludes halogenated alkanes) is 6. The van der Waals surface area contributed by atoms with Crippen molar-refractivity contribution in [3.8, 4) is 0 Å². The Balaban J connectivity index is 4.39.